The van der Waals surface area contributed by atoms with Gasteiger partial charge in [0, 0.05) is 17.8 Å². The monoisotopic (exact) mass is 182 g/mol. The van der Waals surface area contributed by atoms with E-state index in [-0.39, 0.29) is 6.04 Å². The Balaban J connectivity index is 2.58. The fourth-order valence-corrected chi connectivity index (χ4v) is 1.53. The van der Waals surface area contributed by atoms with E-state index in [9.17, 15) is 0 Å². The van der Waals surface area contributed by atoms with Crippen LogP contribution in [0.2, 0.25) is 0 Å². The molecule has 1 rings (SSSR count). The van der Waals surface area contributed by atoms with Gasteiger partial charge in [-0.2, -0.15) is 0 Å². The van der Waals surface area contributed by atoms with E-state index in [1.807, 2.05) is 13.8 Å². The molecule has 0 aromatic carbocycles. The van der Waals surface area contributed by atoms with Crippen molar-refractivity contribution in [2.24, 2.45) is 5.73 Å². The average molecular weight is 182 g/mol. The Bertz CT molecular complexity index is 278. The maximum Gasteiger partial charge on any atom is 0.0897 e. The first kappa shape index (κ1) is 9.42. The maximum absolute atomic E-state index is 5.82. The fraction of sp³-hybridized carbons (Fsp3) is 0.444. The molecule has 0 aliphatic carbocycles. The molecule has 66 valence electrons. The third kappa shape index (κ3) is 2.43. The zero-order chi connectivity index (χ0) is 9.14. The van der Waals surface area contributed by atoms with Gasteiger partial charge >= 0.3 is 0 Å². The summed E-state index contributed by atoms with van der Waals surface area (Å²) in [6.45, 7) is 7.76. The number of nitrogens with zero attached hydrogens (tertiary/aromatic N) is 1. The number of aromatic nitrogens is 1. The van der Waals surface area contributed by atoms with Gasteiger partial charge in [-0.15, -0.1) is 11.3 Å². The van der Waals surface area contributed by atoms with Crippen LogP contribution in [-0.2, 0) is 6.42 Å². The van der Waals surface area contributed by atoms with E-state index in [1.165, 1.54) is 0 Å². The minimum absolute atomic E-state index is 0.0477. The van der Waals surface area contributed by atoms with Crippen LogP contribution in [0.5, 0.6) is 0 Å². The highest BCUT2D eigenvalue weighted by atomic mass is 32.1. The van der Waals surface area contributed by atoms with Crippen LogP contribution in [0, 0.1) is 6.92 Å². The molecule has 0 amide bonds. The van der Waals surface area contributed by atoms with Crippen LogP contribution < -0.4 is 5.73 Å². The zero-order valence-electron chi connectivity index (χ0n) is 7.50. The van der Waals surface area contributed by atoms with Gasteiger partial charge < -0.3 is 5.73 Å². The van der Waals surface area contributed by atoms with Crippen molar-refractivity contribution in [1.29, 1.82) is 0 Å². The molecule has 3 heteroatoms. The average Bonchev–Trinajstić information content (AvgIpc) is 2.35. The van der Waals surface area contributed by atoms with Crippen molar-refractivity contribution < 1.29 is 0 Å². The summed E-state index contributed by atoms with van der Waals surface area (Å²) in [6.07, 6.45) is 0.805. The second kappa shape index (κ2) is 3.83. The lowest BCUT2D eigenvalue weighted by atomic mass is 10.1. The standard InChI is InChI=1S/C9H14N2S/c1-6(2)9(10)4-8-5-12-7(3)11-8/h5,9H,1,4,10H2,2-3H3. The minimum atomic E-state index is 0.0477. The molecule has 1 unspecified atom stereocenters. The summed E-state index contributed by atoms with van der Waals surface area (Å²) in [7, 11) is 0. The Kier molecular flexibility index (Phi) is 3.00. The first-order valence-electron chi connectivity index (χ1n) is 3.91. The number of aryl methyl sites for hydroxylation is 1. The molecule has 0 radical (unpaired) electrons. The van der Waals surface area contributed by atoms with E-state index in [4.69, 9.17) is 5.73 Å². The summed E-state index contributed by atoms with van der Waals surface area (Å²) in [4.78, 5) is 4.33. The number of hydrogen-bond acceptors (Lipinski definition) is 3. The van der Waals surface area contributed by atoms with E-state index in [0.717, 1.165) is 22.7 Å². The van der Waals surface area contributed by atoms with E-state index >= 15 is 0 Å². The van der Waals surface area contributed by atoms with E-state index < -0.39 is 0 Å². The predicted octanol–water partition coefficient (Wildman–Crippen LogP) is 1.90. The molecule has 0 saturated carbocycles. The number of rotatable bonds is 3. The van der Waals surface area contributed by atoms with Gasteiger partial charge in [0.05, 0.1) is 10.7 Å². The zero-order valence-corrected chi connectivity index (χ0v) is 8.32. The molecule has 1 heterocycles. The molecule has 0 aliphatic rings. The topological polar surface area (TPSA) is 38.9 Å². The highest BCUT2D eigenvalue weighted by Gasteiger charge is 2.06. The van der Waals surface area contributed by atoms with Gasteiger partial charge in [-0.05, 0) is 13.8 Å². The summed E-state index contributed by atoms with van der Waals surface area (Å²) < 4.78 is 0. The predicted molar refractivity (Wildman–Crippen MR) is 53.3 cm³/mol. The lowest BCUT2D eigenvalue weighted by molar-refractivity contribution is 0.751. The molecule has 1 aromatic heterocycles. The van der Waals surface area contributed by atoms with Crippen molar-refractivity contribution in [3.05, 3.63) is 28.2 Å². The van der Waals surface area contributed by atoms with E-state index in [1.54, 1.807) is 11.3 Å². The van der Waals surface area contributed by atoms with Gasteiger partial charge in [0.25, 0.3) is 0 Å². The summed E-state index contributed by atoms with van der Waals surface area (Å²) in [6, 6.07) is 0.0477. The molecule has 2 nitrogen and oxygen atoms in total. The van der Waals surface area contributed by atoms with Gasteiger partial charge in [-0.3, -0.25) is 0 Å². The molecule has 0 bridgehead atoms. The van der Waals surface area contributed by atoms with Crippen molar-refractivity contribution in [1.82, 2.24) is 4.98 Å². The Morgan fingerprint density at radius 1 is 1.83 bits per heavy atom. The van der Waals surface area contributed by atoms with Crippen molar-refractivity contribution in [3.63, 3.8) is 0 Å². The van der Waals surface area contributed by atoms with Crippen LogP contribution in [0.1, 0.15) is 17.6 Å². The summed E-state index contributed by atoms with van der Waals surface area (Å²) in [5.41, 5.74) is 7.91. The highest BCUT2D eigenvalue weighted by Crippen LogP contribution is 2.11. The SMILES string of the molecule is C=C(C)C(N)Cc1csc(C)n1. The van der Waals surface area contributed by atoms with Crippen LogP contribution in [0.25, 0.3) is 0 Å². The molecule has 0 saturated heterocycles. The quantitative estimate of drug-likeness (QED) is 0.725. The molecule has 2 N–H and O–H groups in total. The van der Waals surface area contributed by atoms with Gasteiger partial charge in [-0.1, -0.05) is 12.2 Å². The van der Waals surface area contributed by atoms with E-state index in [0.29, 0.717) is 0 Å². The van der Waals surface area contributed by atoms with Crippen LogP contribution in [0.4, 0.5) is 0 Å². The normalized spacial score (nSPS) is 12.9. The maximum atomic E-state index is 5.82. The molecule has 1 aromatic rings. The van der Waals surface area contributed by atoms with Crippen molar-refractivity contribution in [3.8, 4) is 0 Å². The van der Waals surface area contributed by atoms with Crippen molar-refractivity contribution in [2.75, 3.05) is 0 Å². The van der Waals surface area contributed by atoms with Gasteiger partial charge in [0.15, 0.2) is 0 Å². The summed E-state index contributed by atoms with van der Waals surface area (Å²) >= 11 is 1.66. The van der Waals surface area contributed by atoms with Crippen molar-refractivity contribution >= 4 is 11.3 Å². The first-order chi connectivity index (χ1) is 5.59. The Morgan fingerprint density at radius 2 is 2.50 bits per heavy atom. The molecule has 0 spiro atoms. The summed E-state index contributed by atoms with van der Waals surface area (Å²) in [5, 5.41) is 3.15. The first-order valence-corrected chi connectivity index (χ1v) is 4.79. The third-order valence-electron chi connectivity index (χ3n) is 1.73. The number of nitrogens with two attached hydrogens (primary N) is 1. The fourth-order valence-electron chi connectivity index (χ4n) is 0.902. The van der Waals surface area contributed by atoms with E-state index in [2.05, 4.69) is 16.9 Å². The third-order valence-corrected chi connectivity index (χ3v) is 2.55. The Hall–Kier alpha value is -0.670. The van der Waals surface area contributed by atoms with Crippen molar-refractivity contribution in [2.45, 2.75) is 26.3 Å². The molecule has 12 heavy (non-hydrogen) atoms. The molecule has 0 aliphatic heterocycles. The Morgan fingerprint density at radius 3 is 2.92 bits per heavy atom. The second-order valence-electron chi connectivity index (χ2n) is 3.01. The van der Waals surface area contributed by atoms with Crippen LogP contribution >= 0.6 is 11.3 Å². The second-order valence-corrected chi connectivity index (χ2v) is 4.08. The van der Waals surface area contributed by atoms with Gasteiger partial charge in [0.1, 0.15) is 0 Å². The minimum Gasteiger partial charge on any atom is -0.324 e. The molecule has 0 fully saturated rings. The Labute approximate surface area is 77.1 Å². The smallest absolute Gasteiger partial charge is 0.0897 e. The number of hydrogen-bond donors (Lipinski definition) is 1. The molecular weight excluding hydrogens is 168 g/mol. The largest absolute Gasteiger partial charge is 0.324 e. The van der Waals surface area contributed by atoms with Gasteiger partial charge in [-0.25, -0.2) is 4.98 Å². The summed E-state index contributed by atoms with van der Waals surface area (Å²) in [5.74, 6) is 0. The lowest BCUT2D eigenvalue weighted by Crippen LogP contribution is -2.23. The highest BCUT2D eigenvalue weighted by molar-refractivity contribution is 7.09. The van der Waals surface area contributed by atoms with Crippen LogP contribution in [0.15, 0.2) is 17.5 Å². The molecule has 1 atom stereocenters. The van der Waals surface area contributed by atoms with Crippen LogP contribution in [-0.4, -0.2) is 11.0 Å². The molecular formula is C9H14N2S. The van der Waals surface area contributed by atoms with Gasteiger partial charge in [0.2, 0.25) is 0 Å². The number of thiazole rings is 1. The lowest BCUT2D eigenvalue weighted by Gasteiger charge is -2.08. The van der Waals surface area contributed by atoms with Crippen LogP contribution in [0.3, 0.4) is 0 Å².